The van der Waals surface area contributed by atoms with E-state index in [1.807, 2.05) is 4.72 Å². The molecular weight excluding hydrogens is 364 g/mol. The van der Waals surface area contributed by atoms with Gasteiger partial charge in [-0.05, 0) is 36.8 Å². The molecule has 0 atom stereocenters. The van der Waals surface area contributed by atoms with E-state index in [9.17, 15) is 22.0 Å². The number of sulfonamides is 1. The van der Waals surface area contributed by atoms with Crippen LogP contribution in [0.5, 0.6) is 0 Å². The molecule has 0 saturated heterocycles. The Morgan fingerprint density at radius 2 is 1.61 bits per heavy atom. The summed E-state index contributed by atoms with van der Waals surface area (Å²) >= 11 is 1.95. The normalized spacial score (nSPS) is 11.8. The van der Waals surface area contributed by atoms with Crippen LogP contribution in [0.2, 0.25) is 0 Å². The quantitative estimate of drug-likeness (QED) is 0.761. The zero-order valence-electron chi connectivity index (χ0n) is 11.6. The standard InChI is InChI=1S/C14H9F2NO3S3/c1-7-5-10-11(22-14(18)21-10)6-12(7)23(19,20)17-13-8(15)3-2-4-9(13)16/h2-6,17H,1H3. The molecule has 0 unspecified atom stereocenters. The minimum atomic E-state index is -4.19. The average molecular weight is 373 g/mol. The molecule has 0 bridgehead atoms. The second-order valence-electron chi connectivity index (χ2n) is 4.72. The highest BCUT2D eigenvalue weighted by molar-refractivity contribution is 7.92. The second kappa shape index (κ2) is 5.66. The van der Waals surface area contributed by atoms with Crippen molar-refractivity contribution in [3.8, 4) is 0 Å². The van der Waals surface area contributed by atoms with Gasteiger partial charge in [-0.15, -0.1) is 0 Å². The van der Waals surface area contributed by atoms with Crippen LogP contribution in [0.25, 0.3) is 9.40 Å². The molecule has 0 fully saturated rings. The van der Waals surface area contributed by atoms with Gasteiger partial charge in [0.05, 0.1) is 9.60 Å². The van der Waals surface area contributed by atoms with E-state index in [2.05, 4.69) is 0 Å². The highest BCUT2D eigenvalue weighted by Gasteiger charge is 2.22. The molecule has 0 aliphatic heterocycles. The molecule has 1 aromatic heterocycles. The van der Waals surface area contributed by atoms with E-state index in [1.165, 1.54) is 6.07 Å². The summed E-state index contributed by atoms with van der Waals surface area (Å²) in [5.74, 6) is -2.01. The van der Waals surface area contributed by atoms with Gasteiger partial charge in [0.2, 0.25) is 0 Å². The van der Waals surface area contributed by atoms with Crippen molar-refractivity contribution in [2.24, 2.45) is 0 Å². The van der Waals surface area contributed by atoms with Crippen LogP contribution in [0, 0.1) is 18.6 Å². The monoisotopic (exact) mass is 373 g/mol. The molecule has 0 amide bonds. The number of benzene rings is 2. The second-order valence-corrected chi connectivity index (χ2v) is 8.66. The van der Waals surface area contributed by atoms with Crippen molar-refractivity contribution in [3.05, 3.63) is 56.4 Å². The summed E-state index contributed by atoms with van der Waals surface area (Å²) in [7, 11) is -4.19. The van der Waals surface area contributed by atoms with Gasteiger partial charge in [0.25, 0.3) is 14.1 Å². The molecule has 4 nitrogen and oxygen atoms in total. The van der Waals surface area contributed by atoms with Crippen molar-refractivity contribution in [2.75, 3.05) is 4.72 Å². The zero-order valence-corrected chi connectivity index (χ0v) is 14.0. The first-order chi connectivity index (χ1) is 10.8. The van der Waals surface area contributed by atoms with E-state index < -0.39 is 27.3 Å². The van der Waals surface area contributed by atoms with Gasteiger partial charge in [0, 0.05) is 4.70 Å². The van der Waals surface area contributed by atoms with E-state index in [-0.39, 0.29) is 8.95 Å². The van der Waals surface area contributed by atoms with Gasteiger partial charge in [0.1, 0.15) is 17.3 Å². The summed E-state index contributed by atoms with van der Waals surface area (Å²) in [5.41, 5.74) is -0.346. The van der Waals surface area contributed by atoms with Gasteiger partial charge in [-0.2, -0.15) is 0 Å². The number of aryl methyl sites for hydroxylation is 1. The summed E-state index contributed by atoms with van der Waals surface area (Å²) in [5, 5.41) is 0. The Labute approximate surface area is 138 Å². The molecule has 23 heavy (non-hydrogen) atoms. The van der Waals surface area contributed by atoms with Crippen molar-refractivity contribution < 1.29 is 17.2 Å². The van der Waals surface area contributed by atoms with Gasteiger partial charge in [0.15, 0.2) is 0 Å². The minimum Gasteiger partial charge on any atom is -0.274 e. The first-order valence-electron chi connectivity index (χ1n) is 6.29. The highest BCUT2D eigenvalue weighted by atomic mass is 32.2. The molecule has 2 aromatic carbocycles. The van der Waals surface area contributed by atoms with Crippen molar-refractivity contribution >= 4 is 47.8 Å². The fourth-order valence-corrected chi connectivity index (χ4v) is 5.53. The molecule has 0 saturated carbocycles. The number of rotatable bonds is 3. The first kappa shape index (κ1) is 16.0. The fraction of sp³-hybridized carbons (Fsp3) is 0.0714. The summed E-state index contributed by atoms with van der Waals surface area (Å²) in [6.07, 6.45) is 0. The maximum absolute atomic E-state index is 13.6. The molecule has 0 aliphatic rings. The fourth-order valence-electron chi connectivity index (χ4n) is 2.08. The molecule has 0 spiro atoms. The van der Waals surface area contributed by atoms with Crippen LogP contribution in [-0.2, 0) is 10.0 Å². The molecule has 1 N–H and O–H groups in total. The number of fused-ring (bicyclic) bond motifs is 1. The smallest absolute Gasteiger partial charge is 0.274 e. The maximum atomic E-state index is 13.6. The van der Waals surface area contributed by atoms with Crippen LogP contribution in [0.4, 0.5) is 14.5 Å². The lowest BCUT2D eigenvalue weighted by Crippen LogP contribution is -2.16. The number of hydrogen-bond donors (Lipinski definition) is 1. The largest absolute Gasteiger partial charge is 0.288 e. The minimum absolute atomic E-state index is 0.123. The topological polar surface area (TPSA) is 63.2 Å². The third kappa shape index (κ3) is 2.99. The van der Waals surface area contributed by atoms with Crippen LogP contribution in [-0.4, -0.2) is 8.42 Å². The van der Waals surface area contributed by atoms with E-state index in [0.717, 1.165) is 40.9 Å². The van der Waals surface area contributed by atoms with Crippen molar-refractivity contribution in [2.45, 2.75) is 11.8 Å². The molecule has 0 aliphatic carbocycles. The van der Waals surface area contributed by atoms with E-state index in [1.54, 1.807) is 13.0 Å². The number of hydrogen-bond acceptors (Lipinski definition) is 5. The van der Waals surface area contributed by atoms with Gasteiger partial charge in [-0.1, -0.05) is 28.7 Å². The highest BCUT2D eigenvalue weighted by Crippen LogP contribution is 2.29. The summed E-state index contributed by atoms with van der Waals surface area (Å²) in [6, 6.07) is 5.98. The summed E-state index contributed by atoms with van der Waals surface area (Å²) in [6.45, 7) is 1.56. The zero-order chi connectivity index (χ0) is 16.8. The first-order valence-corrected chi connectivity index (χ1v) is 9.41. The van der Waals surface area contributed by atoms with Crippen LogP contribution >= 0.6 is 22.7 Å². The molecule has 9 heteroatoms. The molecular formula is C14H9F2NO3S3. The Hall–Kier alpha value is -1.84. The van der Waals surface area contributed by atoms with Crippen LogP contribution < -0.4 is 8.78 Å². The van der Waals surface area contributed by atoms with Gasteiger partial charge in [-0.25, -0.2) is 17.2 Å². The SMILES string of the molecule is Cc1cc2sc(=O)sc2cc1S(=O)(=O)Nc1c(F)cccc1F. The van der Waals surface area contributed by atoms with Gasteiger partial charge in [-0.3, -0.25) is 9.52 Å². The third-order valence-electron chi connectivity index (χ3n) is 3.12. The third-order valence-corrected chi connectivity index (χ3v) is 6.69. The summed E-state index contributed by atoms with van der Waals surface area (Å²) in [4.78, 5) is 11.3. The Kier molecular flexibility index (Phi) is 3.95. The van der Waals surface area contributed by atoms with Crippen molar-refractivity contribution in [1.29, 1.82) is 0 Å². The summed E-state index contributed by atoms with van der Waals surface area (Å²) < 4.78 is 55.2. The predicted octanol–water partition coefficient (Wildman–Crippen LogP) is 3.71. The molecule has 120 valence electrons. The van der Waals surface area contributed by atoms with Crippen LogP contribution in [0.1, 0.15) is 5.56 Å². The van der Waals surface area contributed by atoms with Crippen molar-refractivity contribution in [1.82, 2.24) is 0 Å². The van der Waals surface area contributed by atoms with E-state index in [0.29, 0.717) is 15.0 Å². The lowest BCUT2D eigenvalue weighted by atomic mass is 10.2. The van der Waals surface area contributed by atoms with E-state index >= 15 is 0 Å². The molecule has 1 heterocycles. The Morgan fingerprint density at radius 3 is 2.22 bits per heavy atom. The lowest BCUT2D eigenvalue weighted by molar-refractivity contribution is 0.582. The van der Waals surface area contributed by atoms with Crippen molar-refractivity contribution in [3.63, 3.8) is 0 Å². The Balaban J connectivity index is 2.13. The predicted molar refractivity (Wildman–Crippen MR) is 87.9 cm³/mol. The van der Waals surface area contributed by atoms with Gasteiger partial charge >= 0.3 is 0 Å². The molecule has 3 rings (SSSR count). The maximum Gasteiger partial charge on any atom is 0.288 e. The number of para-hydroxylation sites is 1. The molecule has 0 radical (unpaired) electrons. The van der Waals surface area contributed by atoms with Crippen LogP contribution in [0.15, 0.2) is 40.0 Å². The van der Waals surface area contributed by atoms with Gasteiger partial charge < -0.3 is 0 Å². The van der Waals surface area contributed by atoms with Crippen LogP contribution in [0.3, 0.4) is 0 Å². The van der Waals surface area contributed by atoms with E-state index in [4.69, 9.17) is 0 Å². The number of anilines is 1. The Bertz CT molecular complexity index is 1050. The number of nitrogens with one attached hydrogen (secondary N) is 1. The number of halogens is 2. The lowest BCUT2D eigenvalue weighted by Gasteiger charge is -2.11. The average Bonchev–Trinajstić information content (AvgIpc) is 2.81. The molecule has 3 aromatic rings. The Morgan fingerprint density at radius 1 is 1.04 bits per heavy atom.